The number of hydrogen-bond acceptors (Lipinski definition) is 5. The Morgan fingerprint density at radius 1 is 1.17 bits per heavy atom. The predicted octanol–water partition coefficient (Wildman–Crippen LogP) is 3.87. The van der Waals surface area contributed by atoms with Gasteiger partial charge in [0.1, 0.15) is 11.3 Å². The summed E-state index contributed by atoms with van der Waals surface area (Å²) in [6.45, 7) is 6.49. The third-order valence-corrected chi connectivity index (χ3v) is 7.03. The molecule has 4 heterocycles. The van der Waals surface area contributed by atoms with Crippen LogP contribution in [0.2, 0.25) is 0 Å². The molecule has 0 N–H and O–H groups in total. The quantitative estimate of drug-likeness (QED) is 0.473. The zero-order valence-corrected chi connectivity index (χ0v) is 18.2. The molecule has 0 unspecified atom stereocenters. The number of ether oxygens (including phenoxy) is 1. The van der Waals surface area contributed by atoms with Crippen LogP contribution in [0.15, 0.2) is 41.3 Å². The van der Waals surface area contributed by atoms with Gasteiger partial charge in [-0.1, -0.05) is 12.1 Å². The van der Waals surface area contributed by atoms with E-state index in [0.717, 1.165) is 52.1 Å². The van der Waals surface area contributed by atoms with Gasteiger partial charge in [0.25, 0.3) is 5.56 Å². The van der Waals surface area contributed by atoms with Gasteiger partial charge in [-0.25, -0.2) is 4.68 Å². The number of nitrogens with zero attached hydrogens (tertiary/aromatic N) is 4. The Balaban J connectivity index is 1.60. The summed E-state index contributed by atoms with van der Waals surface area (Å²) in [6, 6.07) is 10.2. The summed E-state index contributed by atoms with van der Waals surface area (Å²) >= 11 is 1.73. The lowest BCUT2D eigenvalue weighted by molar-refractivity contribution is 0.312. The first-order chi connectivity index (χ1) is 14.6. The number of aryl methyl sites for hydroxylation is 1. The molecular weight excluding hydrogens is 396 g/mol. The summed E-state index contributed by atoms with van der Waals surface area (Å²) in [5.41, 5.74) is 2.95. The number of rotatable bonds is 6. The highest BCUT2D eigenvalue weighted by Gasteiger charge is 2.19. The number of fused-ring (bicyclic) bond motifs is 3. The SMILES string of the molecule is COc1cccc(Cn2c3cc(C)sc3c3cnn(CCN4CCCC4)c(=O)c32)c1. The van der Waals surface area contributed by atoms with Crippen LogP contribution in [-0.2, 0) is 13.1 Å². The lowest BCUT2D eigenvalue weighted by Gasteiger charge is -2.15. The van der Waals surface area contributed by atoms with Crippen LogP contribution in [0.25, 0.3) is 21.1 Å². The Bertz CT molecular complexity index is 1260. The number of likely N-dealkylation sites (tertiary alicyclic amines) is 1. The van der Waals surface area contributed by atoms with Crippen LogP contribution >= 0.6 is 11.3 Å². The first-order valence-corrected chi connectivity index (χ1v) is 11.3. The molecule has 0 spiro atoms. The second kappa shape index (κ2) is 7.89. The predicted molar refractivity (Wildman–Crippen MR) is 122 cm³/mol. The second-order valence-electron chi connectivity index (χ2n) is 7.99. The van der Waals surface area contributed by atoms with Crippen LogP contribution in [0.3, 0.4) is 0 Å². The smallest absolute Gasteiger partial charge is 0.291 e. The molecule has 1 aliphatic heterocycles. The molecule has 6 nitrogen and oxygen atoms in total. The van der Waals surface area contributed by atoms with Crippen molar-refractivity contribution in [2.75, 3.05) is 26.7 Å². The average Bonchev–Trinajstić information content (AvgIpc) is 3.46. The van der Waals surface area contributed by atoms with Crippen molar-refractivity contribution in [3.05, 3.63) is 57.3 Å². The number of benzene rings is 1. The van der Waals surface area contributed by atoms with Gasteiger partial charge in [0.2, 0.25) is 0 Å². The molecule has 0 radical (unpaired) electrons. The largest absolute Gasteiger partial charge is 0.497 e. The van der Waals surface area contributed by atoms with Crippen LogP contribution in [0, 0.1) is 6.92 Å². The van der Waals surface area contributed by atoms with Crippen molar-refractivity contribution in [2.45, 2.75) is 32.9 Å². The van der Waals surface area contributed by atoms with E-state index in [-0.39, 0.29) is 5.56 Å². The summed E-state index contributed by atoms with van der Waals surface area (Å²) in [6.07, 6.45) is 4.38. The number of thiophene rings is 1. The molecule has 1 aliphatic rings. The van der Waals surface area contributed by atoms with Crippen molar-refractivity contribution >= 4 is 32.5 Å². The molecule has 3 aromatic heterocycles. The third-order valence-electron chi connectivity index (χ3n) is 5.96. The highest BCUT2D eigenvalue weighted by molar-refractivity contribution is 7.20. The Morgan fingerprint density at radius 2 is 2.00 bits per heavy atom. The fourth-order valence-corrected chi connectivity index (χ4v) is 5.47. The van der Waals surface area contributed by atoms with E-state index >= 15 is 0 Å². The standard InChI is InChI=1S/C23H26N4O2S/c1-16-12-20-22(30-16)19-14-24-27(11-10-25-8-3-4-9-25)23(28)21(19)26(20)15-17-6-5-7-18(13-17)29-2/h5-7,12-14H,3-4,8-11,15H2,1-2H3. The monoisotopic (exact) mass is 422 g/mol. The molecular formula is C23H26N4O2S. The molecule has 30 heavy (non-hydrogen) atoms. The van der Waals surface area contributed by atoms with Gasteiger partial charge in [-0.05, 0) is 56.6 Å². The van der Waals surface area contributed by atoms with Crippen molar-refractivity contribution in [2.24, 2.45) is 0 Å². The number of aromatic nitrogens is 3. The van der Waals surface area contributed by atoms with Gasteiger partial charge < -0.3 is 14.2 Å². The molecule has 0 bridgehead atoms. The molecule has 1 fully saturated rings. The second-order valence-corrected chi connectivity index (χ2v) is 9.25. The van der Waals surface area contributed by atoms with Crippen molar-refractivity contribution in [3.8, 4) is 5.75 Å². The van der Waals surface area contributed by atoms with Gasteiger partial charge >= 0.3 is 0 Å². The molecule has 0 aliphatic carbocycles. The van der Waals surface area contributed by atoms with Gasteiger partial charge in [-0.15, -0.1) is 11.3 Å². The van der Waals surface area contributed by atoms with E-state index in [1.54, 1.807) is 23.1 Å². The van der Waals surface area contributed by atoms with Crippen LogP contribution in [0.4, 0.5) is 0 Å². The first-order valence-electron chi connectivity index (χ1n) is 10.5. The fraction of sp³-hybridized carbons (Fsp3) is 0.391. The highest BCUT2D eigenvalue weighted by Crippen LogP contribution is 2.34. The van der Waals surface area contributed by atoms with Crippen molar-refractivity contribution in [1.82, 2.24) is 19.2 Å². The molecule has 7 heteroatoms. The highest BCUT2D eigenvalue weighted by atomic mass is 32.1. The van der Waals surface area contributed by atoms with E-state index in [9.17, 15) is 4.79 Å². The Kier molecular flexibility index (Phi) is 5.08. The summed E-state index contributed by atoms with van der Waals surface area (Å²) in [7, 11) is 1.68. The van der Waals surface area contributed by atoms with Crippen molar-refractivity contribution < 1.29 is 4.74 Å². The Labute approximate surface area is 179 Å². The zero-order valence-electron chi connectivity index (χ0n) is 17.4. The fourth-order valence-electron chi connectivity index (χ4n) is 4.44. The summed E-state index contributed by atoms with van der Waals surface area (Å²) in [4.78, 5) is 17.1. The minimum absolute atomic E-state index is 0.00403. The van der Waals surface area contributed by atoms with Gasteiger partial charge in [0.15, 0.2) is 0 Å². The minimum Gasteiger partial charge on any atom is -0.497 e. The first kappa shape index (κ1) is 19.3. The Morgan fingerprint density at radius 3 is 2.80 bits per heavy atom. The van der Waals surface area contributed by atoms with E-state index in [1.165, 1.54) is 17.7 Å². The molecule has 0 amide bonds. The van der Waals surface area contributed by atoms with Crippen LogP contribution < -0.4 is 10.3 Å². The number of hydrogen-bond donors (Lipinski definition) is 0. The summed E-state index contributed by atoms with van der Waals surface area (Å²) < 4.78 is 10.3. The minimum atomic E-state index is -0.00403. The molecule has 0 atom stereocenters. The molecule has 156 valence electrons. The molecule has 0 saturated carbocycles. The van der Waals surface area contributed by atoms with E-state index in [1.807, 2.05) is 24.4 Å². The third kappa shape index (κ3) is 3.42. The molecule has 4 aromatic rings. The molecule has 1 aromatic carbocycles. The zero-order chi connectivity index (χ0) is 20.7. The normalized spacial score (nSPS) is 14.9. The Hall–Kier alpha value is -2.64. The van der Waals surface area contributed by atoms with E-state index in [4.69, 9.17) is 4.74 Å². The maximum absolute atomic E-state index is 13.5. The van der Waals surface area contributed by atoms with Gasteiger partial charge in [0, 0.05) is 23.4 Å². The van der Waals surface area contributed by atoms with E-state index in [0.29, 0.717) is 13.1 Å². The van der Waals surface area contributed by atoms with Gasteiger partial charge in [-0.2, -0.15) is 5.10 Å². The van der Waals surface area contributed by atoms with E-state index < -0.39 is 0 Å². The topological polar surface area (TPSA) is 52.3 Å². The van der Waals surface area contributed by atoms with Crippen molar-refractivity contribution in [1.29, 1.82) is 0 Å². The summed E-state index contributed by atoms with van der Waals surface area (Å²) in [5.74, 6) is 0.825. The van der Waals surface area contributed by atoms with Crippen LogP contribution in [0.5, 0.6) is 5.75 Å². The van der Waals surface area contributed by atoms with Crippen molar-refractivity contribution in [3.63, 3.8) is 0 Å². The average molecular weight is 423 g/mol. The van der Waals surface area contributed by atoms with Crippen LogP contribution in [0.1, 0.15) is 23.3 Å². The van der Waals surface area contributed by atoms with E-state index in [2.05, 4.69) is 33.6 Å². The van der Waals surface area contributed by atoms with Gasteiger partial charge in [-0.3, -0.25) is 4.79 Å². The van der Waals surface area contributed by atoms with Crippen LogP contribution in [-0.4, -0.2) is 46.0 Å². The number of methoxy groups -OCH3 is 1. The summed E-state index contributed by atoms with van der Waals surface area (Å²) in [5, 5.41) is 5.48. The molecule has 1 saturated heterocycles. The van der Waals surface area contributed by atoms with Gasteiger partial charge in [0.05, 0.1) is 30.1 Å². The maximum atomic E-state index is 13.5. The molecule has 5 rings (SSSR count). The lowest BCUT2D eigenvalue weighted by Crippen LogP contribution is -2.31. The lowest BCUT2D eigenvalue weighted by atomic mass is 10.2. The maximum Gasteiger partial charge on any atom is 0.291 e.